The normalized spacial score (nSPS) is 16.6. The van der Waals surface area contributed by atoms with E-state index in [0.29, 0.717) is 16.2 Å². The Morgan fingerprint density at radius 2 is 0.930 bits per heavy atom. The number of ether oxygens (including phenoxy) is 1. The summed E-state index contributed by atoms with van der Waals surface area (Å²) in [4.78, 5) is 23.2. The molecule has 559 valence electrons. The maximum atomic E-state index is 5.38. The molecule has 1 radical (unpaired) electrons. The zero-order chi connectivity index (χ0) is 76.7. The molecule has 7 heterocycles. The van der Waals surface area contributed by atoms with E-state index in [4.69, 9.17) is 9.72 Å². The van der Waals surface area contributed by atoms with Crippen LogP contribution in [0.15, 0.2) is 72.7 Å². The fourth-order valence-electron chi connectivity index (χ4n) is 13.1. The van der Waals surface area contributed by atoms with E-state index >= 15 is 0 Å². The van der Waals surface area contributed by atoms with E-state index in [1.165, 1.54) is 141 Å². The van der Waals surface area contributed by atoms with Crippen molar-refractivity contribution in [2.24, 2.45) is 16.7 Å². The predicted molar refractivity (Wildman–Crippen MR) is 441 cm³/mol. The summed E-state index contributed by atoms with van der Waals surface area (Å²) in [5, 5.41) is 2.81. The number of nitrogens with one attached hydrogen (secondary N) is 1. The Morgan fingerprint density at radius 1 is 0.470 bits per heavy atom. The van der Waals surface area contributed by atoms with Gasteiger partial charge in [-0.05, 0) is 251 Å². The monoisotopic (exact) mass is 1460 g/mol. The second-order valence-electron chi connectivity index (χ2n) is 35.8. The molecule has 5 aromatic rings. The van der Waals surface area contributed by atoms with Crippen LogP contribution in [0.2, 0.25) is 0 Å². The second-order valence-corrected chi connectivity index (χ2v) is 36.8. The molecule has 100 heavy (non-hydrogen) atoms. The average Bonchev–Trinajstić information content (AvgIpc) is 0.836. The first-order valence-corrected chi connectivity index (χ1v) is 38.2. The molecule has 1 saturated heterocycles. The van der Waals surface area contributed by atoms with E-state index in [1.54, 1.807) is 18.7 Å². The van der Waals surface area contributed by atoms with Crippen LogP contribution in [-0.2, 0) is 59.1 Å². The molecule has 0 spiro atoms. The van der Waals surface area contributed by atoms with Crippen molar-refractivity contribution in [1.82, 2.24) is 29.8 Å². The molecule has 9 heteroatoms. The summed E-state index contributed by atoms with van der Waals surface area (Å²) in [5.41, 5.74) is 28.1. The first-order chi connectivity index (χ1) is 45.1. The topological polar surface area (TPSA) is 79.8 Å². The van der Waals surface area contributed by atoms with Crippen LogP contribution in [0.25, 0.3) is 0 Å². The van der Waals surface area contributed by atoms with Crippen LogP contribution in [-0.4, -0.2) is 59.8 Å². The average molecular weight is 1460 g/mol. The van der Waals surface area contributed by atoms with Gasteiger partial charge in [0.05, 0.1) is 6.26 Å². The number of hydrogen-bond acceptors (Lipinski definition) is 7. The number of benzene rings is 1. The maximum absolute atomic E-state index is 5.38. The largest absolute Gasteiger partial charge is 0.493 e. The minimum Gasteiger partial charge on any atom is -0.493 e. The van der Waals surface area contributed by atoms with Gasteiger partial charge < -0.3 is 9.72 Å². The number of nitrogens with zero attached hydrogens (tertiary/aromatic N) is 5. The molecule has 1 N–H and O–H groups in total. The van der Waals surface area contributed by atoms with Gasteiger partial charge in [0.15, 0.2) is 0 Å². The molecule has 4 aromatic heterocycles. The second kappa shape index (κ2) is 42.1. The van der Waals surface area contributed by atoms with Crippen LogP contribution in [0.4, 0.5) is 0 Å². The Kier molecular flexibility index (Phi) is 40.3. The van der Waals surface area contributed by atoms with Crippen molar-refractivity contribution in [3.63, 3.8) is 0 Å². The molecule has 0 bridgehead atoms. The molecule has 3 aliphatic heterocycles. The van der Waals surface area contributed by atoms with E-state index in [-0.39, 0.29) is 65.9 Å². The van der Waals surface area contributed by atoms with Crippen LogP contribution >= 0.6 is 11.8 Å². The summed E-state index contributed by atoms with van der Waals surface area (Å²) in [6.07, 6.45) is 30.8. The van der Waals surface area contributed by atoms with Crippen molar-refractivity contribution < 1.29 is 37.4 Å². The third kappa shape index (κ3) is 32.9. The number of H-pyrrole nitrogens is 1. The third-order valence-electron chi connectivity index (χ3n) is 19.4. The fraction of sp³-hybridized carbons (Fsp3) is 0.626. The van der Waals surface area contributed by atoms with Gasteiger partial charge in [0.25, 0.3) is 0 Å². The minimum absolute atomic E-state index is 0. The maximum Gasteiger partial charge on any atom is 0.121 e. The molecule has 1 aliphatic carbocycles. The van der Waals surface area contributed by atoms with Gasteiger partial charge in [-0.25, -0.2) is 4.98 Å². The number of rotatable bonds is 0. The van der Waals surface area contributed by atoms with Gasteiger partial charge in [-0.1, -0.05) is 202 Å². The molecule has 3 atom stereocenters. The number of aryl methyl sites for hydroxylation is 8. The molecule has 0 amide bonds. The number of allylic oxidation sites excluding steroid dienone is 6. The Bertz CT molecular complexity index is 3260. The van der Waals surface area contributed by atoms with E-state index in [2.05, 4.69) is 336 Å². The van der Waals surface area contributed by atoms with Gasteiger partial charge in [-0.15, -0.1) is 17.3 Å². The van der Waals surface area contributed by atoms with Gasteiger partial charge in [0, 0.05) is 101 Å². The molecule has 9 rings (SSSR count). The Hall–Kier alpha value is -4.21. The van der Waals surface area contributed by atoms with Crippen molar-refractivity contribution in [1.29, 1.82) is 0 Å². The first kappa shape index (κ1) is 95.8. The Balaban J connectivity index is 0.00000111. The summed E-state index contributed by atoms with van der Waals surface area (Å²) >= 11 is 1.90. The quantitative estimate of drug-likeness (QED) is 0.122. The van der Waals surface area contributed by atoms with E-state index in [1.807, 2.05) is 30.8 Å². The summed E-state index contributed by atoms with van der Waals surface area (Å²) in [6.45, 7) is 88.5. The first-order valence-electron chi connectivity index (χ1n) is 37.3. The number of likely N-dealkylation sites (tertiary alicyclic amines) is 1. The number of pyridine rings is 3. The van der Waals surface area contributed by atoms with Crippen LogP contribution in [0.1, 0.15) is 309 Å². The van der Waals surface area contributed by atoms with E-state index in [9.17, 15) is 0 Å². The summed E-state index contributed by atoms with van der Waals surface area (Å²) in [7, 11) is 0. The van der Waals surface area contributed by atoms with E-state index < -0.39 is 0 Å². The van der Waals surface area contributed by atoms with Crippen molar-refractivity contribution >= 4 is 11.8 Å². The molecule has 4 aliphatic rings. The van der Waals surface area contributed by atoms with Gasteiger partial charge >= 0.3 is 0 Å². The summed E-state index contributed by atoms with van der Waals surface area (Å²) in [6, 6.07) is 3.42. The van der Waals surface area contributed by atoms with Crippen molar-refractivity contribution in [2.75, 3.05) is 13.1 Å². The molecular formula is C91H149N6OSY-. The molecule has 1 fully saturated rings. The van der Waals surface area contributed by atoms with Crippen molar-refractivity contribution in [3.8, 4) is 0 Å². The summed E-state index contributed by atoms with van der Waals surface area (Å²) < 4.78 is 5.38. The smallest absolute Gasteiger partial charge is 0.121 e. The van der Waals surface area contributed by atoms with Gasteiger partial charge in [-0.2, -0.15) is 28.3 Å². The molecule has 1 aromatic carbocycles. The van der Waals surface area contributed by atoms with Crippen molar-refractivity contribution in [3.05, 3.63) is 197 Å². The minimum atomic E-state index is 0. The van der Waals surface area contributed by atoms with Crippen LogP contribution in [0, 0.1) is 141 Å². The van der Waals surface area contributed by atoms with Crippen molar-refractivity contribution in [2.45, 2.75) is 347 Å². The van der Waals surface area contributed by atoms with E-state index in [0.717, 1.165) is 34.5 Å². The fourth-order valence-corrected chi connectivity index (χ4v) is 14.0. The standard InChI is InChI=1S/C14H21.3C13H21N.C9H19N.C9H14O.C9H14S.C7H12.C4H6N2.Y/c1-9-8-10(2)12(4)13(11(9)3)14(5,6)7;1-8-10(3)14-11(4)9(2)12(8)13(5,6)7;1-8-9(2)12(13(5,6)7)11(4)14-10(8)3;1-8-9(2)11(4)14-12(10(8)3)13(5,6)7;1-9(2,3)10-7-5-4-6-8-10;2*1-9(2,3)8-6-4-5-7-10-8;1-7-5-3-2-4-6-7;1-4-5-2-3-6-4;/h4*1-7H3;4-8H2,1-3H3;2*4-8H,1-3H3;2-3,7H,4-6H2,1H3;2-3H,1H3,(H,5,6);/q-1;;;;;;;;;. The number of aromatic nitrogens is 5. The molecule has 3 unspecified atom stereocenters. The zero-order valence-electron chi connectivity index (χ0n) is 71.9. The molecular weight excluding hydrogens is 1310 g/mol. The van der Waals surface area contributed by atoms with Crippen LogP contribution < -0.4 is 0 Å². The van der Waals surface area contributed by atoms with Gasteiger partial charge in [-0.3, -0.25) is 19.9 Å². The predicted octanol–water partition coefficient (Wildman–Crippen LogP) is 25.9. The number of aromatic amines is 1. The van der Waals surface area contributed by atoms with Crippen LogP contribution in [0.3, 0.4) is 0 Å². The molecule has 0 saturated carbocycles. The zero-order valence-corrected chi connectivity index (χ0v) is 75.6. The van der Waals surface area contributed by atoms with Gasteiger partial charge in [0.1, 0.15) is 11.9 Å². The third-order valence-corrected chi connectivity index (χ3v) is 20.9. The number of piperidine rings is 1. The SMILES string of the molecule is CC(C)(C)C1C=CC=CO1.CC(C)(C)C1C=CC=CS1.CC(C)(C)N1CCCCC1.CC1CC=CCC1.Cc1[c-]c(C)c(C)c(C(C)(C)C)c1C.Cc1nc(C(C)(C)C)c(C)c(C)c1C.Cc1nc(C)c(C(C)(C)C)c(C)c1C.Cc1nc(C)c(C)c(C(C)(C)C)c1C.Cc1ncc[nH]1.[Y]. The van der Waals surface area contributed by atoms with Gasteiger partial charge in [0.2, 0.25) is 0 Å². The summed E-state index contributed by atoms with van der Waals surface area (Å²) in [5.74, 6) is 1.92. The number of hydrogen-bond donors (Lipinski definition) is 1. The molecule has 7 nitrogen and oxygen atoms in total. The number of thioether (sulfide) groups is 1. The van der Waals surface area contributed by atoms with Crippen LogP contribution in [0.5, 0.6) is 0 Å². The Morgan fingerprint density at radius 3 is 1.25 bits per heavy atom. The Labute approximate surface area is 647 Å². The number of imidazole rings is 1.